The normalized spacial score (nSPS) is 11.3. The van der Waals surface area contributed by atoms with E-state index in [4.69, 9.17) is 0 Å². The van der Waals surface area contributed by atoms with Gasteiger partial charge in [0.2, 0.25) is 0 Å². The van der Waals surface area contributed by atoms with Crippen molar-refractivity contribution in [3.8, 4) is 0 Å². The molecule has 0 bridgehead atoms. The van der Waals surface area contributed by atoms with E-state index in [9.17, 15) is 0 Å². The first-order valence-electron chi connectivity index (χ1n) is 6.43. The highest BCUT2D eigenvalue weighted by Crippen LogP contribution is 2.14. The smallest absolute Gasteiger partial charge is 0.0797 e. The monoisotopic (exact) mass is 263 g/mol. The Morgan fingerprint density at radius 1 is 1.44 bits per heavy atom. The Hall–Kier alpha value is -1.13. The van der Waals surface area contributed by atoms with Crippen molar-refractivity contribution in [2.45, 2.75) is 46.3 Å². The van der Waals surface area contributed by atoms with Gasteiger partial charge in [0.25, 0.3) is 0 Å². The van der Waals surface area contributed by atoms with Crippen LogP contribution in [0.4, 0.5) is 0 Å². The van der Waals surface area contributed by atoms with Gasteiger partial charge in [-0.15, -0.1) is 11.3 Å². The van der Waals surface area contributed by atoms with Crippen LogP contribution in [-0.2, 0) is 19.5 Å². The number of hydrogen-bond acceptors (Lipinski definition) is 3. The fraction of sp³-hybridized carbons (Fsp3) is 0.500. The van der Waals surface area contributed by atoms with Crippen LogP contribution in [0.1, 0.15) is 30.1 Å². The molecule has 0 unspecified atom stereocenters. The summed E-state index contributed by atoms with van der Waals surface area (Å²) in [6.07, 6.45) is 3.23. The van der Waals surface area contributed by atoms with Crippen LogP contribution in [0.5, 0.6) is 0 Å². The number of aromatic nitrogens is 2. The van der Waals surface area contributed by atoms with Gasteiger partial charge >= 0.3 is 0 Å². The third kappa shape index (κ3) is 3.43. The summed E-state index contributed by atoms with van der Waals surface area (Å²) in [5.74, 6) is 0. The molecule has 0 aliphatic heterocycles. The molecule has 3 nitrogen and oxygen atoms in total. The van der Waals surface area contributed by atoms with Gasteiger partial charge in [0.1, 0.15) is 0 Å². The highest BCUT2D eigenvalue weighted by atomic mass is 32.1. The van der Waals surface area contributed by atoms with E-state index >= 15 is 0 Å². The first-order valence-corrected chi connectivity index (χ1v) is 7.31. The van der Waals surface area contributed by atoms with Gasteiger partial charge < -0.3 is 9.88 Å². The van der Waals surface area contributed by atoms with Crippen LogP contribution in [0.15, 0.2) is 23.8 Å². The molecule has 0 atom stereocenters. The second-order valence-electron chi connectivity index (χ2n) is 4.84. The van der Waals surface area contributed by atoms with Gasteiger partial charge in [0.15, 0.2) is 0 Å². The first-order chi connectivity index (χ1) is 8.66. The average Bonchev–Trinajstić information content (AvgIpc) is 2.92. The Bertz CT molecular complexity index is 485. The van der Waals surface area contributed by atoms with Crippen molar-refractivity contribution < 1.29 is 0 Å². The van der Waals surface area contributed by atoms with Gasteiger partial charge in [0, 0.05) is 42.3 Å². The zero-order chi connectivity index (χ0) is 13.0. The highest BCUT2D eigenvalue weighted by Gasteiger charge is 2.05. The molecule has 2 heterocycles. The Kier molecular flexibility index (Phi) is 4.55. The van der Waals surface area contributed by atoms with Crippen molar-refractivity contribution in [2.24, 2.45) is 0 Å². The number of rotatable bonds is 6. The third-order valence-corrected chi connectivity index (χ3v) is 4.03. The van der Waals surface area contributed by atoms with E-state index in [1.165, 1.54) is 16.3 Å². The molecule has 0 spiro atoms. The van der Waals surface area contributed by atoms with Crippen LogP contribution in [0, 0.1) is 6.92 Å². The van der Waals surface area contributed by atoms with Crippen LogP contribution in [0.2, 0.25) is 0 Å². The van der Waals surface area contributed by atoms with E-state index in [-0.39, 0.29) is 0 Å². The van der Waals surface area contributed by atoms with Crippen molar-refractivity contribution in [2.75, 3.05) is 0 Å². The van der Waals surface area contributed by atoms with Crippen LogP contribution >= 0.6 is 11.3 Å². The molecule has 2 rings (SSSR count). The molecule has 0 fully saturated rings. The van der Waals surface area contributed by atoms with E-state index in [1.807, 2.05) is 5.51 Å². The molecular formula is C14H21N3S. The van der Waals surface area contributed by atoms with Crippen LogP contribution in [0.3, 0.4) is 0 Å². The summed E-state index contributed by atoms with van der Waals surface area (Å²) in [4.78, 5) is 5.69. The molecule has 0 aromatic carbocycles. The van der Waals surface area contributed by atoms with E-state index in [1.54, 1.807) is 11.3 Å². The van der Waals surface area contributed by atoms with E-state index in [0.29, 0.717) is 6.04 Å². The maximum Gasteiger partial charge on any atom is 0.0797 e. The largest absolute Gasteiger partial charge is 0.350 e. The molecule has 4 heteroatoms. The lowest BCUT2D eigenvalue weighted by atomic mass is 10.3. The fourth-order valence-corrected chi connectivity index (χ4v) is 2.70. The Morgan fingerprint density at radius 2 is 2.28 bits per heavy atom. The summed E-state index contributed by atoms with van der Waals surface area (Å²) < 4.78 is 2.33. The van der Waals surface area contributed by atoms with Gasteiger partial charge in [-0.05, 0) is 19.1 Å². The van der Waals surface area contributed by atoms with Crippen LogP contribution in [-0.4, -0.2) is 15.6 Å². The van der Waals surface area contributed by atoms with Gasteiger partial charge in [-0.2, -0.15) is 0 Å². The molecule has 0 saturated carbocycles. The zero-order valence-electron chi connectivity index (χ0n) is 11.3. The fourth-order valence-electron chi connectivity index (χ4n) is 1.92. The topological polar surface area (TPSA) is 29.9 Å². The van der Waals surface area contributed by atoms with Crippen molar-refractivity contribution in [3.05, 3.63) is 40.1 Å². The second-order valence-corrected chi connectivity index (χ2v) is 5.78. The van der Waals surface area contributed by atoms with E-state index in [0.717, 1.165) is 19.5 Å². The summed E-state index contributed by atoms with van der Waals surface area (Å²) in [7, 11) is 0. The molecule has 0 amide bonds. The number of hydrogen-bond donors (Lipinski definition) is 1. The van der Waals surface area contributed by atoms with Crippen molar-refractivity contribution in [3.63, 3.8) is 0 Å². The Balaban J connectivity index is 1.93. The Morgan fingerprint density at radius 3 is 2.94 bits per heavy atom. The highest BCUT2D eigenvalue weighted by molar-refractivity contribution is 7.09. The molecule has 18 heavy (non-hydrogen) atoms. The Labute approximate surface area is 113 Å². The minimum atomic E-state index is 0.525. The number of thiazole rings is 1. The number of aryl methyl sites for hydroxylation is 3. The SMILES string of the molecule is Cc1ncsc1CCn1cccc1CNC(C)C. The number of nitrogens with zero attached hydrogens (tertiary/aromatic N) is 2. The maximum absolute atomic E-state index is 4.30. The van der Waals surface area contributed by atoms with Crippen molar-refractivity contribution in [1.29, 1.82) is 0 Å². The lowest BCUT2D eigenvalue weighted by Gasteiger charge is -2.11. The van der Waals surface area contributed by atoms with Crippen molar-refractivity contribution >= 4 is 11.3 Å². The first kappa shape index (κ1) is 13.3. The minimum Gasteiger partial charge on any atom is -0.350 e. The summed E-state index contributed by atoms with van der Waals surface area (Å²) in [6, 6.07) is 4.84. The predicted octanol–water partition coefficient (Wildman–Crippen LogP) is 2.99. The minimum absolute atomic E-state index is 0.525. The standard InChI is InChI=1S/C14H21N3S/c1-11(2)15-9-13-5-4-7-17(13)8-6-14-12(3)16-10-18-14/h4-5,7,10-11,15H,6,8-9H2,1-3H3. The molecular weight excluding hydrogens is 242 g/mol. The van der Waals surface area contributed by atoms with E-state index < -0.39 is 0 Å². The molecule has 2 aromatic rings. The van der Waals surface area contributed by atoms with Gasteiger partial charge in [-0.1, -0.05) is 13.8 Å². The molecule has 0 aliphatic carbocycles. The van der Waals surface area contributed by atoms with E-state index in [2.05, 4.69) is 54.0 Å². The molecule has 1 N–H and O–H groups in total. The second kappa shape index (κ2) is 6.16. The van der Waals surface area contributed by atoms with Gasteiger partial charge in [-0.25, -0.2) is 4.98 Å². The maximum atomic E-state index is 4.30. The predicted molar refractivity (Wildman–Crippen MR) is 77.0 cm³/mol. The average molecular weight is 263 g/mol. The summed E-state index contributed by atoms with van der Waals surface area (Å²) in [6.45, 7) is 8.40. The quantitative estimate of drug-likeness (QED) is 0.868. The molecule has 2 aromatic heterocycles. The van der Waals surface area contributed by atoms with Crippen LogP contribution in [0.25, 0.3) is 0 Å². The van der Waals surface area contributed by atoms with Crippen molar-refractivity contribution in [1.82, 2.24) is 14.9 Å². The van der Waals surface area contributed by atoms with Gasteiger partial charge in [0.05, 0.1) is 11.2 Å². The van der Waals surface area contributed by atoms with Gasteiger partial charge in [-0.3, -0.25) is 0 Å². The lowest BCUT2D eigenvalue weighted by molar-refractivity contribution is 0.555. The third-order valence-electron chi connectivity index (χ3n) is 3.04. The van der Waals surface area contributed by atoms with Crippen LogP contribution < -0.4 is 5.32 Å². The lowest BCUT2D eigenvalue weighted by Crippen LogP contribution is -2.23. The summed E-state index contributed by atoms with van der Waals surface area (Å²) in [5.41, 5.74) is 4.46. The molecule has 0 aliphatic rings. The molecule has 0 saturated heterocycles. The number of nitrogens with one attached hydrogen (secondary N) is 1. The zero-order valence-corrected chi connectivity index (χ0v) is 12.1. The molecule has 0 radical (unpaired) electrons. The summed E-state index contributed by atoms with van der Waals surface area (Å²) in [5, 5.41) is 3.46. The summed E-state index contributed by atoms with van der Waals surface area (Å²) >= 11 is 1.76. The molecule has 98 valence electrons.